The van der Waals surface area contributed by atoms with Crippen LogP contribution in [0.15, 0.2) is 6.07 Å². The smallest absolute Gasteiger partial charge is 0.305 e. The average molecular weight is 267 g/mol. The molecule has 0 saturated heterocycles. The summed E-state index contributed by atoms with van der Waals surface area (Å²) in [6.45, 7) is 8.42. The standard InChI is InChI=1S/C13H21N3O3/c1-5-15(10(4)8-12(17)18)13(19)11-7-9(3)14-16(11)6-2/h7,10H,5-6,8H2,1-4H3,(H,17,18). The zero-order valence-electron chi connectivity index (χ0n) is 11.9. The lowest BCUT2D eigenvalue weighted by Gasteiger charge is -2.27. The van der Waals surface area contributed by atoms with Crippen molar-refractivity contribution in [1.82, 2.24) is 14.7 Å². The number of carboxylic acids is 1. The van der Waals surface area contributed by atoms with Crippen molar-refractivity contribution in [2.45, 2.75) is 46.7 Å². The molecular formula is C13H21N3O3. The van der Waals surface area contributed by atoms with Crippen LogP contribution < -0.4 is 0 Å². The van der Waals surface area contributed by atoms with E-state index in [4.69, 9.17) is 5.11 Å². The van der Waals surface area contributed by atoms with Gasteiger partial charge in [-0.15, -0.1) is 0 Å². The summed E-state index contributed by atoms with van der Waals surface area (Å²) >= 11 is 0. The zero-order valence-corrected chi connectivity index (χ0v) is 11.9. The van der Waals surface area contributed by atoms with Crippen molar-refractivity contribution < 1.29 is 14.7 Å². The molecule has 6 nitrogen and oxygen atoms in total. The summed E-state index contributed by atoms with van der Waals surface area (Å²) in [6, 6.07) is 1.40. The number of rotatable bonds is 6. The minimum absolute atomic E-state index is 0.0567. The van der Waals surface area contributed by atoms with Crippen molar-refractivity contribution in [3.05, 3.63) is 17.5 Å². The number of carbonyl (C=O) groups excluding carboxylic acids is 1. The van der Waals surface area contributed by atoms with E-state index in [2.05, 4.69) is 5.10 Å². The number of nitrogens with zero attached hydrogens (tertiary/aromatic N) is 3. The van der Waals surface area contributed by atoms with Crippen LogP contribution in [-0.2, 0) is 11.3 Å². The fourth-order valence-corrected chi connectivity index (χ4v) is 2.12. The molecule has 1 aromatic rings. The Morgan fingerprint density at radius 1 is 1.47 bits per heavy atom. The van der Waals surface area contributed by atoms with Gasteiger partial charge in [0, 0.05) is 19.1 Å². The summed E-state index contributed by atoms with van der Waals surface area (Å²) in [5, 5.41) is 13.1. The summed E-state index contributed by atoms with van der Waals surface area (Å²) in [5.41, 5.74) is 1.30. The molecule has 0 aliphatic carbocycles. The maximum absolute atomic E-state index is 12.5. The SMILES string of the molecule is CCN(C(=O)c1cc(C)nn1CC)C(C)CC(=O)O. The fourth-order valence-electron chi connectivity index (χ4n) is 2.12. The highest BCUT2D eigenvalue weighted by molar-refractivity contribution is 5.93. The minimum atomic E-state index is -0.904. The van der Waals surface area contributed by atoms with E-state index in [-0.39, 0.29) is 18.4 Å². The normalized spacial score (nSPS) is 12.2. The number of carbonyl (C=O) groups is 2. The van der Waals surface area contributed by atoms with Crippen molar-refractivity contribution >= 4 is 11.9 Å². The zero-order chi connectivity index (χ0) is 14.6. The number of aryl methyl sites for hydroxylation is 2. The number of hydrogen-bond acceptors (Lipinski definition) is 3. The predicted octanol–water partition coefficient (Wildman–Crippen LogP) is 1.54. The third-order valence-electron chi connectivity index (χ3n) is 3.02. The second-order valence-electron chi connectivity index (χ2n) is 4.52. The monoisotopic (exact) mass is 267 g/mol. The largest absolute Gasteiger partial charge is 0.481 e. The molecule has 0 aromatic carbocycles. The first-order valence-corrected chi connectivity index (χ1v) is 6.47. The Bertz CT molecular complexity index is 468. The number of carboxylic acid groups (broad SMARTS) is 1. The maximum atomic E-state index is 12.5. The first kappa shape index (κ1) is 15.2. The summed E-state index contributed by atoms with van der Waals surface area (Å²) in [7, 11) is 0. The van der Waals surface area contributed by atoms with Crippen LogP contribution in [-0.4, -0.2) is 44.3 Å². The molecule has 1 N–H and O–H groups in total. The third-order valence-corrected chi connectivity index (χ3v) is 3.02. The minimum Gasteiger partial charge on any atom is -0.481 e. The van der Waals surface area contributed by atoms with Gasteiger partial charge in [-0.25, -0.2) is 0 Å². The topological polar surface area (TPSA) is 75.4 Å². The Morgan fingerprint density at radius 2 is 2.11 bits per heavy atom. The average Bonchev–Trinajstić information content (AvgIpc) is 2.70. The van der Waals surface area contributed by atoms with Crippen LogP contribution in [0.1, 0.15) is 43.4 Å². The molecule has 1 aromatic heterocycles. The van der Waals surface area contributed by atoms with Crippen molar-refractivity contribution in [3.8, 4) is 0 Å². The van der Waals surface area contributed by atoms with Gasteiger partial charge >= 0.3 is 5.97 Å². The fraction of sp³-hybridized carbons (Fsp3) is 0.615. The Morgan fingerprint density at radius 3 is 2.58 bits per heavy atom. The van der Waals surface area contributed by atoms with E-state index in [1.54, 1.807) is 22.6 Å². The van der Waals surface area contributed by atoms with Gasteiger partial charge in [-0.05, 0) is 33.8 Å². The lowest BCUT2D eigenvalue weighted by Crippen LogP contribution is -2.40. The predicted molar refractivity (Wildman–Crippen MR) is 71.1 cm³/mol. The Balaban J connectivity index is 2.97. The maximum Gasteiger partial charge on any atom is 0.305 e. The molecule has 19 heavy (non-hydrogen) atoms. The number of aliphatic carboxylic acids is 1. The molecule has 1 heterocycles. The molecule has 0 aliphatic rings. The molecule has 106 valence electrons. The molecule has 0 spiro atoms. The van der Waals surface area contributed by atoms with Gasteiger partial charge in [-0.2, -0.15) is 5.10 Å². The van der Waals surface area contributed by atoms with Gasteiger partial charge < -0.3 is 10.0 Å². The second kappa shape index (κ2) is 6.36. The van der Waals surface area contributed by atoms with Gasteiger partial charge in [-0.1, -0.05) is 0 Å². The van der Waals surface area contributed by atoms with Gasteiger partial charge in [0.1, 0.15) is 5.69 Å². The van der Waals surface area contributed by atoms with Gasteiger partial charge in [0.25, 0.3) is 5.91 Å². The Hall–Kier alpha value is -1.85. The lowest BCUT2D eigenvalue weighted by atomic mass is 10.2. The van der Waals surface area contributed by atoms with E-state index < -0.39 is 5.97 Å². The highest BCUT2D eigenvalue weighted by atomic mass is 16.4. The molecule has 1 atom stereocenters. The number of aromatic nitrogens is 2. The number of amides is 1. The summed E-state index contributed by atoms with van der Waals surface area (Å²) in [6.07, 6.45) is -0.0567. The van der Waals surface area contributed by atoms with E-state index in [9.17, 15) is 9.59 Å². The Kier molecular flexibility index (Phi) is 5.09. The van der Waals surface area contributed by atoms with Crippen LogP contribution in [0.25, 0.3) is 0 Å². The molecule has 1 amide bonds. The van der Waals surface area contributed by atoms with E-state index in [0.29, 0.717) is 18.8 Å². The van der Waals surface area contributed by atoms with E-state index in [1.165, 1.54) is 0 Å². The van der Waals surface area contributed by atoms with Gasteiger partial charge in [0.15, 0.2) is 0 Å². The Labute approximate surface area is 113 Å². The van der Waals surface area contributed by atoms with E-state index in [1.807, 2.05) is 20.8 Å². The van der Waals surface area contributed by atoms with Crippen LogP contribution in [0.2, 0.25) is 0 Å². The van der Waals surface area contributed by atoms with E-state index in [0.717, 1.165) is 5.69 Å². The molecule has 6 heteroatoms. The van der Waals surface area contributed by atoms with Crippen molar-refractivity contribution in [3.63, 3.8) is 0 Å². The molecular weight excluding hydrogens is 246 g/mol. The van der Waals surface area contributed by atoms with E-state index >= 15 is 0 Å². The van der Waals surface area contributed by atoms with Crippen LogP contribution in [0.5, 0.6) is 0 Å². The van der Waals surface area contributed by atoms with Crippen molar-refractivity contribution in [1.29, 1.82) is 0 Å². The van der Waals surface area contributed by atoms with Crippen molar-refractivity contribution in [2.75, 3.05) is 6.54 Å². The summed E-state index contributed by atoms with van der Waals surface area (Å²) < 4.78 is 1.65. The summed E-state index contributed by atoms with van der Waals surface area (Å²) in [4.78, 5) is 24.8. The first-order chi connectivity index (χ1) is 8.90. The quantitative estimate of drug-likeness (QED) is 0.848. The lowest BCUT2D eigenvalue weighted by molar-refractivity contribution is -0.138. The van der Waals surface area contributed by atoms with Crippen LogP contribution >= 0.6 is 0 Å². The highest BCUT2D eigenvalue weighted by Crippen LogP contribution is 2.12. The molecule has 0 fully saturated rings. The molecule has 0 saturated carbocycles. The molecule has 1 unspecified atom stereocenters. The first-order valence-electron chi connectivity index (χ1n) is 6.47. The summed E-state index contributed by atoms with van der Waals surface area (Å²) in [5.74, 6) is -1.07. The van der Waals surface area contributed by atoms with Gasteiger partial charge in [0.2, 0.25) is 0 Å². The van der Waals surface area contributed by atoms with Gasteiger partial charge in [-0.3, -0.25) is 14.3 Å². The third kappa shape index (κ3) is 3.56. The van der Waals surface area contributed by atoms with Crippen LogP contribution in [0.3, 0.4) is 0 Å². The van der Waals surface area contributed by atoms with Crippen molar-refractivity contribution in [2.24, 2.45) is 0 Å². The molecule has 1 rings (SSSR count). The van der Waals surface area contributed by atoms with Crippen LogP contribution in [0.4, 0.5) is 0 Å². The van der Waals surface area contributed by atoms with Gasteiger partial charge in [0.05, 0.1) is 12.1 Å². The molecule has 0 aliphatic heterocycles. The highest BCUT2D eigenvalue weighted by Gasteiger charge is 2.24. The molecule has 0 bridgehead atoms. The molecule has 0 radical (unpaired) electrons. The second-order valence-corrected chi connectivity index (χ2v) is 4.52. The number of hydrogen-bond donors (Lipinski definition) is 1. The van der Waals surface area contributed by atoms with Crippen LogP contribution in [0, 0.1) is 6.92 Å².